The molecule has 0 amide bonds. The number of imidazole rings is 1. The number of nitrogens with zero attached hydrogens (tertiary/aromatic N) is 4. The van der Waals surface area contributed by atoms with Crippen LogP contribution in [0, 0.1) is 6.92 Å². The summed E-state index contributed by atoms with van der Waals surface area (Å²) in [6, 6.07) is 6.35. The van der Waals surface area contributed by atoms with Gasteiger partial charge in [0.2, 0.25) is 0 Å². The van der Waals surface area contributed by atoms with Crippen molar-refractivity contribution in [2.75, 3.05) is 45.2 Å². The van der Waals surface area contributed by atoms with Gasteiger partial charge in [-0.2, -0.15) is 5.10 Å². The number of pyridine rings is 1. The van der Waals surface area contributed by atoms with Crippen molar-refractivity contribution in [2.45, 2.75) is 32.2 Å². The van der Waals surface area contributed by atoms with Crippen LogP contribution in [0.15, 0.2) is 46.1 Å². The predicted octanol–water partition coefficient (Wildman–Crippen LogP) is 4.12. The van der Waals surface area contributed by atoms with Crippen LogP contribution in [0.4, 0.5) is 5.69 Å². The van der Waals surface area contributed by atoms with E-state index < -0.39 is 0 Å². The topological polar surface area (TPSA) is 104 Å². The van der Waals surface area contributed by atoms with Gasteiger partial charge in [-0.3, -0.25) is 9.48 Å². The molecular formula is C26H32BrN7O2. The maximum atomic E-state index is 12.9. The summed E-state index contributed by atoms with van der Waals surface area (Å²) in [5, 5.41) is 7.66. The Morgan fingerprint density at radius 2 is 2.08 bits per heavy atom. The molecule has 190 valence electrons. The number of aromatic amines is 2. The quantitative estimate of drug-likeness (QED) is 0.288. The Morgan fingerprint density at radius 1 is 1.25 bits per heavy atom. The van der Waals surface area contributed by atoms with Crippen LogP contribution in [0.5, 0.6) is 0 Å². The zero-order valence-electron chi connectivity index (χ0n) is 20.7. The van der Waals surface area contributed by atoms with Crippen molar-refractivity contribution in [2.24, 2.45) is 0 Å². The summed E-state index contributed by atoms with van der Waals surface area (Å²) in [5.74, 6) is 1.10. The van der Waals surface area contributed by atoms with E-state index in [4.69, 9.17) is 9.72 Å². The fraction of sp³-hybridized carbons (Fsp3) is 0.423. The molecule has 3 N–H and O–H groups in total. The number of hydrogen-bond donors (Lipinski definition) is 3. The summed E-state index contributed by atoms with van der Waals surface area (Å²) in [5.41, 5.74) is 5.42. The van der Waals surface area contributed by atoms with Crippen LogP contribution in [-0.4, -0.2) is 69.5 Å². The summed E-state index contributed by atoms with van der Waals surface area (Å²) >= 11 is 3.42. The first-order chi connectivity index (χ1) is 17.5. The lowest BCUT2D eigenvalue weighted by atomic mass is 9.88. The van der Waals surface area contributed by atoms with Gasteiger partial charge in [-0.1, -0.05) is 6.07 Å². The van der Waals surface area contributed by atoms with Gasteiger partial charge in [0.05, 0.1) is 40.5 Å². The first-order valence-electron chi connectivity index (χ1n) is 12.4. The Labute approximate surface area is 218 Å². The lowest BCUT2D eigenvalue weighted by Gasteiger charge is -2.32. The summed E-state index contributed by atoms with van der Waals surface area (Å²) < 4.78 is 8.01. The number of halogens is 1. The number of H-pyrrole nitrogens is 2. The van der Waals surface area contributed by atoms with Gasteiger partial charge in [-0.05, 0) is 78.0 Å². The van der Waals surface area contributed by atoms with Crippen LogP contribution >= 0.6 is 15.9 Å². The molecule has 9 nitrogen and oxygen atoms in total. The molecule has 10 heteroatoms. The molecule has 4 heterocycles. The molecule has 5 rings (SSSR count). The molecule has 0 spiro atoms. The van der Waals surface area contributed by atoms with Crippen molar-refractivity contribution < 1.29 is 4.74 Å². The predicted molar refractivity (Wildman–Crippen MR) is 146 cm³/mol. The highest BCUT2D eigenvalue weighted by molar-refractivity contribution is 9.10. The number of nitrogens with one attached hydrogen (secondary N) is 3. The standard InChI is InChI=1S/C26H32BrN7O2/c1-17-13-19(18-4-8-33(9-5-18)11-12-36-2)14-22-24(17)32-25(31-22)23-21(3-6-29-26(23)35)28-7-10-34-16-20(27)15-30-34/h3,6,13-16,18H,4-5,7-12H2,1-2H3,(H,31,32)(H2,28,29,35). The summed E-state index contributed by atoms with van der Waals surface area (Å²) in [7, 11) is 1.76. The molecule has 0 aliphatic carbocycles. The second-order valence-corrected chi connectivity index (χ2v) is 10.3. The van der Waals surface area contributed by atoms with Crippen molar-refractivity contribution in [3.8, 4) is 11.4 Å². The Kier molecular flexibility index (Phi) is 7.54. The Balaban J connectivity index is 1.36. The molecule has 3 aromatic heterocycles. The van der Waals surface area contributed by atoms with Crippen LogP contribution in [-0.2, 0) is 11.3 Å². The number of rotatable bonds is 9. The molecule has 0 atom stereocenters. The molecule has 0 saturated carbocycles. The van der Waals surface area contributed by atoms with Crippen molar-refractivity contribution in [1.29, 1.82) is 0 Å². The number of likely N-dealkylation sites (tertiary alicyclic amines) is 1. The minimum atomic E-state index is -0.179. The van der Waals surface area contributed by atoms with E-state index in [9.17, 15) is 4.79 Å². The first kappa shape index (κ1) is 24.7. The van der Waals surface area contributed by atoms with Crippen molar-refractivity contribution in [3.63, 3.8) is 0 Å². The minimum Gasteiger partial charge on any atom is -0.383 e. The molecular weight excluding hydrogens is 522 g/mol. The lowest BCUT2D eigenvalue weighted by Crippen LogP contribution is -2.35. The van der Waals surface area contributed by atoms with Crippen LogP contribution in [0.25, 0.3) is 22.4 Å². The maximum absolute atomic E-state index is 12.9. The van der Waals surface area contributed by atoms with Gasteiger partial charge >= 0.3 is 0 Å². The van der Waals surface area contributed by atoms with Gasteiger partial charge in [0.25, 0.3) is 5.56 Å². The second kappa shape index (κ2) is 11.0. The zero-order chi connectivity index (χ0) is 25.1. The van der Waals surface area contributed by atoms with Crippen molar-refractivity contribution >= 4 is 32.7 Å². The number of methoxy groups -OCH3 is 1. The molecule has 1 fully saturated rings. The van der Waals surface area contributed by atoms with Gasteiger partial charge in [-0.15, -0.1) is 0 Å². The molecule has 1 aliphatic heterocycles. The third-order valence-corrected chi connectivity index (χ3v) is 7.34. The monoisotopic (exact) mass is 553 g/mol. The fourth-order valence-corrected chi connectivity index (χ4v) is 5.34. The fourth-order valence-electron chi connectivity index (χ4n) is 5.01. The number of benzene rings is 1. The molecule has 0 bridgehead atoms. The number of aromatic nitrogens is 5. The highest BCUT2D eigenvalue weighted by Crippen LogP contribution is 2.32. The smallest absolute Gasteiger partial charge is 0.261 e. The van der Waals surface area contributed by atoms with Gasteiger partial charge in [0, 0.05) is 32.6 Å². The van der Waals surface area contributed by atoms with E-state index in [2.05, 4.69) is 60.3 Å². The number of ether oxygens (including phenoxy) is 1. The number of fused-ring (bicyclic) bond motifs is 1. The summed E-state index contributed by atoms with van der Waals surface area (Å²) in [4.78, 5) is 26.4. The van der Waals surface area contributed by atoms with E-state index in [-0.39, 0.29) is 5.56 Å². The van der Waals surface area contributed by atoms with Crippen molar-refractivity contribution in [3.05, 3.63) is 62.7 Å². The number of hydrogen-bond acceptors (Lipinski definition) is 6. The van der Waals surface area contributed by atoms with E-state index in [1.807, 2.05) is 16.9 Å². The van der Waals surface area contributed by atoms with Gasteiger partial charge < -0.3 is 24.9 Å². The van der Waals surface area contributed by atoms with Gasteiger partial charge in [0.1, 0.15) is 11.4 Å². The summed E-state index contributed by atoms with van der Waals surface area (Å²) in [6.45, 7) is 7.34. The minimum absolute atomic E-state index is 0.179. The molecule has 1 aromatic carbocycles. The number of aryl methyl sites for hydroxylation is 1. The summed E-state index contributed by atoms with van der Waals surface area (Å²) in [6.07, 6.45) is 7.60. The normalized spacial score (nSPS) is 15.1. The zero-order valence-corrected chi connectivity index (χ0v) is 22.3. The van der Waals surface area contributed by atoms with E-state index in [1.54, 1.807) is 19.5 Å². The first-order valence-corrected chi connectivity index (χ1v) is 13.2. The van der Waals surface area contributed by atoms with Crippen LogP contribution in [0.2, 0.25) is 0 Å². The Bertz CT molecular complexity index is 1380. The Morgan fingerprint density at radius 3 is 2.83 bits per heavy atom. The van der Waals surface area contributed by atoms with Crippen LogP contribution in [0.1, 0.15) is 29.9 Å². The van der Waals surface area contributed by atoms with Crippen LogP contribution < -0.4 is 10.9 Å². The average molecular weight is 554 g/mol. The average Bonchev–Trinajstić information content (AvgIpc) is 3.49. The van der Waals surface area contributed by atoms with E-state index in [1.165, 1.54) is 5.56 Å². The lowest BCUT2D eigenvalue weighted by molar-refractivity contribution is 0.130. The molecule has 1 saturated heterocycles. The highest BCUT2D eigenvalue weighted by Gasteiger charge is 2.22. The number of anilines is 1. The van der Waals surface area contributed by atoms with Gasteiger partial charge in [0.15, 0.2) is 0 Å². The van der Waals surface area contributed by atoms with E-state index in [0.717, 1.165) is 65.8 Å². The third-order valence-electron chi connectivity index (χ3n) is 6.93. The highest BCUT2D eigenvalue weighted by atomic mass is 79.9. The number of piperidine rings is 1. The second-order valence-electron chi connectivity index (χ2n) is 9.37. The molecule has 0 unspecified atom stereocenters. The van der Waals surface area contributed by atoms with Crippen LogP contribution in [0.3, 0.4) is 0 Å². The molecule has 0 radical (unpaired) electrons. The Hall–Kier alpha value is -2.95. The van der Waals surface area contributed by atoms with Crippen molar-refractivity contribution in [1.82, 2.24) is 29.6 Å². The molecule has 4 aromatic rings. The van der Waals surface area contributed by atoms with Gasteiger partial charge in [-0.25, -0.2) is 4.98 Å². The van der Waals surface area contributed by atoms with E-state index in [0.29, 0.717) is 30.4 Å². The molecule has 1 aliphatic rings. The van der Waals surface area contributed by atoms with E-state index >= 15 is 0 Å². The molecule has 36 heavy (non-hydrogen) atoms. The third kappa shape index (κ3) is 5.40. The largest absolute Gasteiger partial charge is 0.383 e. The SMILES string of the molecule is COCCN1CCC(c2cc(C)c3nc(-c4c(NCCn5cc(Br)cn5)cc[nH]c4=O)[nH]c3c2)CC1. The maximum Gasteiger partial charge on any atom is 0.261 e.